The normalized spacial score (nSPS) is 10.6. The van der Waals surface area contributed by atoms with Crippen molar-refractivity contribution in [2.75, 3.05) is 12.4 Å². The smallest absolute Gasteiger partial charge is 0.338 e. The van der Waals surface area contributed by atoms with Gasteiger partial charge in [-0.25, -0.2) is 4.79 Å². The Kier molecular flexibility index (Phi) is 4.18. The van der Waals surface area contributed by atoms with E-state index in [9.17, 15) is 4.79 Å². The van der Waals surface area contributed by atoms with Crippen LogP contribution >= 0.6 is 27.3 Å². The number of halogens is 1. The zero-order chi connectivity index (χ0) is 9.68. The predicted octanol–water partition coefficient (Wildman–Crippen LogP) is 2.94. The molecule has 0 aliphatic heterocycles. The SMILES string of the molecule is COC(=O)c1csc(C=CCBr)c1. The first-order valence-electron chi connectivity index (χ1n) is 3.67. The molecule has 0 saturated heterocycles. The van der Waals surface area contributed by atoms with Crippen molar-refractivity contribution in [1.29, 1.82) is 0 Å². The van der Waals surface area contributed by atoms with Crippen LogP contribution in [0.5, 0.6) is 0 Å². The van der Waals surface area contributed by atoms with Gasteiger partial charge in [0.2, 0.25) is 0 Å². The van der Waals surface area contributed by atoms with Crippen LogP contribution in [0.4, 0.5) is 0 Å². The number of methoxy groups -OCH3 is 1. The van der Waals surface area contributed by atoms with Crippen LogP contribution in [0.2, 0.25) is 0 Å². The lowest BCUT2D eigenvalue weighted by molar-refractivity contribution is 0.0601. The van der Waals surface area contributed by atoms with Gasteiger partial charge in [-0.15, -0.1) is 11.3 Å². The number of carbonyl (C=O) groups excluding carboxylic acids is 1. The zero-order valence-electron chi connectivity index (χ0n) is 7.12. The highest BCUT2D eigenvalue weighted by atomic mass is 79.9. The van der Waals surface area contributed by atoms with E-state index >= 15 is 0 Å². The highest BCUT2D eigenvalue weighted by Gasteiger charge is 2.06. The van der Waals surface area contributed by atoms with E-state index in [2.05, 4.69) is 20.7 Å². The van der Waals surface area contributed by atoms with Crippen LogP contribution in [0.3, 0.4) is 0 Å². The molecule has 70 valence electrons. The maximum absolute atomic E-state index is 11.1. The van der Waals surface area contributed by atoms with Gasteiger partial charge in [-0.05, 0) is 12.1 Å². The van der Waals surface area contributed by atoms with E-state index in [0.29, 0.717) is 5.56 Å². The molecule has 0 aliphatic rings. The summed E-state index contributed by atoms with van der Waals surface area (Å²) >= 11 is 4.81. The molecule has 0 unspecified atom stereocenters. The van der Waals surface area contributed by atoms with E-state index in [1.54, 1.807) is 5.38 Å². The van der Waals surface area contributed by atoms with Crippen molar-refractivity contribution in [2.45, 2.75) is 0 Å². The average Bonchev–Trinajstić information content (AvgIpc) is 2.62. The van der Waals surface area contributed by atoms with Crippen LogP contribution in [-0.2, 0) is 4.74 Å². The Bertz CT molecular complexity index is 317. The number of esters is 1. The fraction of sp³-hybridized carbons (Fsp3) is 0.222. The number of hydrogen-bond donors (Lipinski definition) is 0. The second-order valence-electron chi connectivity index (χ2n) is 2.29. The third-order valence-electron chi connectivity index (χ3n) is 1.41. The molecule has 0 aromatic carbocycles. The molecule has 13 heavy (non-hydrogen) atoms. The minimum absolute atomic E-state index is 0.283. The molecule has 0 bridgehead atoms. The Morgan fingerprint density at radius 3 is 3.15 bits per heavy atom. The summed E-state index contributed by atoms with van der Waals surface area (Å²) < 4.78 is 4.59. The lowest BCUT2D eigenvalue weighted by atomic mass is 10.3. The second-order valence-corrected chi connectivity index (χ2v) is 3.88. The lowest BCUT2D eigenvalue weighted by Crippen LogP contribution is -1.97. The number of ether oxygens (including phenoxy) is 1. The Labute approximate surface area is 89.3 Å². The van der Waals surface area contributed by atoms with Crippen LogP contribution in [0, 0.1) is 0 Å². The van der Waals surface area contributed by atoms with Crippen molar-refractivity contribution in [3.63, 3.8) is 0 Å². The summed E-state index contributed by atoms with van der Waals surface area (Å²) in [6.07, 6.45) is 3.94. The molecule has 2 nitrogen and oxygen atoms in total. The monoisotopic (exact) mass is 260 g/mol. The maximum Gasteiger partial charge on any atom is 0.338 e. The van der Waals surface area contributed by atoms with Gasteiger partial charge in [-0.3, -0.25) is 0 Å². The van der Waals surface area contributed by atoms with Crippen molar-refractivity contribution in [1.82, 2.24) is 0 Å². The summed E-state index contributed by atoms with van der Waals surface area (Å²) in [5, 5.41) is 2.61. The van der Waals surface area contributed by atoms with Gasteiger partial charge in [-0.1, -0.05) is 22.0 Å². The molecule has 1 heterocycles. The molecular weight excluding hydrogens is 252 g/mol. The largest absolute Gasteiger partial charge is 0.465 e. The first-order chi connectivity index (χ1) is 6.27. The molecule has 0 saturated carbocycles. The summed E-state index contributed by atoms with van der Waals surface area (Å²) in [5.74, 6) is -0.283. The molecule has 1 aromatic rings. The van der Waals surface area contributed by atoms with Gasteiger partial charge in [0.1, 0.15) is 0 Å². The summed E-state index contributed by atoms with van der Waals surface area (Å²) in [5.41, 5.74) is 0.613. The number of rotatable bonds is 3. The number of thiophene rings is 1. The third kappa shape index (κ3) is 2.97. The molecule has 0 N–H and O–H groups in total. The van der Waals surface area contributed by atoms with E-state index in [1.165, 1.54) is 18.4 Å². The standard InChI is InChI=1S/C9H9BrO2S/c1-12-9(11)7-5-8(13-6-7)3-2-4-10/h2-3,5-6H,4H2,1H3. The Morgan fingerprint density at radius 1 is 1.77 bits per heavy atom. The molecule has 0 amide bonds. The number of alkyl halides is 1. The maximum atomic E-state index is 11.1. The third-order valence-corrected chi connectivity index (χ3v) is 2.68. The molecule has 0 spiro atoms. The van der Waals surface area contributed by atoms with Gasteiger partial charge in [0.05, 0.1) is 12.7 Å². The Morgan fingerprint density at radius 2 is 2.54 bits per heavy atom. The van der Waals surface area contributed by atoms with Crippen molar-refractivity contribution >= 4 is 39.3 Å². The van der Waals surface area contributed by atoms with Gasteiger partial charge in [-0.2, -0.15) is 0 Å². The number of hydrogen-bond acceptors (Lipinski definition) is 3. The van der Waals surface area contributed by atoms with Gasteiger partial charge in [0, 0.05) is 15.6 Å². The average molecular weight is 261 g/mol. The fourth-order valence-electron chi connectivity index (χ4n) is 0.826. The van der Waals surface area contributed by atoms with Gasteiger partial charge in [0.15, 0.2) is 0 Å². The van der Waals surface area contributed by atoms with Crippen LogP contribution in [0.25, 0.3) is 6.08 Å². The molecule has 0 fully saturated rings. The summed E-state index contributed by atoms with van der Waals surface area (Å²) in [4.78, 5) is 12.1. The van der Waals surface area contributed by atoms with E-state index in [1.807, 2.05) is 18.2 Å². The number of carbonyl (C=O) groups is 1. The molecule has 0 aliphatic carbocycles. The summed E-state index contributed by atoms with van der Waals surface area (Å²) in [6, 6.07) is 1.82. The Balaban J connectivity index is 2.74. The zero-order valence-corrected chi connectivity index (χ0v) is 9.52. The minimum Gasteiger partial charge on any atom is -0.465 e. The van der Waals surface area contributed by atoms with Crippen molar-refractivity contribution in [3.05, 3.63) is 28.0 Å². The fourth-order valence-corrected chi connectivity index (χ4v) is 1.81. The van der Waals surface area contributed by atoms with Gasteiger partial charge >= 0.3 is 5.97 Å². The van der Waals surface area contributed by atoms with E-state index < -0.39 is 0 Å². The number of allylic oxidation sites excluding steroid dienone is 1. The topological polar surface area (TPSA) is 26.3 Å². The van der Waals surface area contributed by atoms with E-state index in [0.717, 1.165) is 10.2 Å². The van der Waals surface area contributed by atoms with Crippen molar-refractivity contribution < 1.29 is 9.53 Å². The second kappa shape index (κ2) is 5.19. The van der Waals surface area contributed by atoms with Crippen molar-refractivity contribution in [2.24, 2.45) is 0 Å². The first-order valence-corrected chi connectivity index (χ1v) is 5.67. The summed E-state index contributed by atoms with van der Waals surface area (Å²) in [6.45, 7) is 0. The van der Waals surface area contributed by atoms with Crippen LogP contribution in [-0.4, -0.2) is 18.4 Å². The predicted molar refractivity (Wildman–Crippen MR) is 58.5 cm³/mol. The quantitative estimate of drug-likeness (QED) is 0.617. The van der Waals surface area contributed by atoms with Crippen LogP contribution in [0.15, 0.2) is 17.5 Å². The molecule has 0 radical (unpaired) electrons. The van der Waals surface area contributed by atoms with E-state index in [-0.39, 0.29) is 5.97 Å². The highest BCUT2D eigenvalue weighted by Crippen LogP contribution is 2.16. The minimum atomic E-state index is -0.283. The summed E-state index contributed by atoms with van der Waals surface area (Å²) in [7, 11) is 1.38. The molecule has 1 rings (SSSR count). The van der Waals surface area contributed by atoms with Gasteiger partial charge < -0.3 is 4.74 Å². The molecule has 4 heteroatoms. The lowest BCUT2D eigenvalue weighted by Gasteiger charge is -1.91. The van der Waals surface area contributed by atoms with Crippen LogP contribution < -0.4 is 0 Å². The highest BCUT2D eigenvalue weighted by molar-refractivity contribution is 9.09. The molecule has 0 atom stereocenters. The van der Waals surface area contributed by atoms with Crippen LogP contribution in [0.1, 0.15) is 15.2 Å². The van der Waals surface area contributed by atoms with Gasteiger partial charge in [0.25, 0.3) is 0 Å². The Hall–Kier alpha value is -0.610. The van der Waals surface area contributed by atoms with Crippen molar-refractivity contribution in [3.8, 4) is 0 Å². The van der Waals surface area contributed by atoms with E-state index in [4.69, 9.17) is 0 Å². The molecular formula is C9H9BrO2S. The first kappa shape index (κ1) is 10.5. The molecule has 1 aromatic heterocycles.